The number of hydrogen-bond acceptors (Lipinski definition) is 7. The van der Waals surface area contributed by atoms with Crippen LogP contribution in [0.15, 0.2) is 53.2 Å². The van der Waals surface area contributed by atoms with Crippen LogP contribution in [0.5, 0.6) is 17.2 Å². The Hall–Kier alpha value is -3.61. The molecule has 27 heavy (non-hydrogen) atoms. The number of ether oxygens (including phenoxy) is 4. The zero-order valence-electron chi connectivity index (χ0n) is 15.0. The Kier molecular flexibility index (Phi) is 5.21. The molecule has 0 aromatic heterocycles. The van der Waals surface area contributed by atoms with Crippen LogP contribution in [-0.2, 0) is 14.3 Å². The number of hydrogen-bond donors (Lipinski definition) is 0. The maximum Gasteiger partial charge on any atom is 0.363 e. The molecular formula is C20H17NO6. The van der Waals surface area contributed by atoms with Gasteiger partial charge in [-0.15, -0.1) is 0 Å². The number of carbonyl (C=O) groups excluding carboxylic acids is 2. The SMILES string of the molecule is COc1ccc(C2=NC(=Cc3ccc(OC(C)=O)c(OC)c3)C(=O)O2)cc1. The van der Waals surface area contributed by atoms with Crippen LogP contribution in [0.25, 0.3) is 6.08 Å². The van der Waals surface area contributed by atoms with Crippen LogP contribution in [0.1, 0.15) is 18.1 Å². The van der Waals surface area contributed by atoms with Crippen molar-refractivity contribution in [2.75, 3.05) is 14.2 Å². The second kappa shape index (κ2) is 7.74. The van der Waals surface area contributed by atoms with E-state index in [-0.39, 0.29) is 11.6 Å². The summed E-state index contributed by atoms with van der Waals surface area (Å²) in [6, 6.07) is 11.9. The minimum Gasteiger partial charge on any atom is -0.497 e. The number of esters is 2. The van der Waals surface area contributed by atoms with Crippen molar-refractivity contribution < 1.29 is 28.5 Å². The summed E-state index contributed by atoms with van der Waals surface area (Å²) in [5.41, 5.74) is 1.47. The molecule has 0 N–H and O–H groups in total. The molecule has 2 aromatic carbocycles. The van der Waals surface area contributed by atoms with Gasteiger partial charge in [-0.2, -0.15) is 0 Å². The summed E-state index contributed by atoms with van der Waals surface area (Å²) in [5, 5.41) is 0. The third-order valence-corrected chi connectivity index (χ3v) is 3.70. The van der Waals surface area contributed by atoms with E-state index in [0.717, 1.165) is 0 Å². The summed E-state index contributed by atoms with van der Waals surface area (Å²) in [6.45, 7) is 1.30. The van der Waals surface area contributed by atoms with Gasteiger partial charge in [-0.1, -0.05) is 6.07 Å². The van der Waals surface area contributed by atoms with Crippen molar-refractivity contribution >= 4 is 23.9 Å². The molecule has 0 unspecified atom stereocenters. The molecule has 0 bridgehead atoms. The normalized spacial score (nSPS) is 14.6. The molecule has 0 saturated heterocycles. The Morgan fingerprint density at radius 3 is 2.41 bits per heavy atom. The molecule has 0 aliphatic carbocycles. The van der Waals surface area contributed by atoms with Crippen LogP contribution in [0.3, 0.4) is 0 Å². The molecule has 1 aliphatic heterocycles. The fraction of sp³-hybridized carbons (Fsp3) is 0.150. The van der Waals surface area contributed by atoms with Gasteiger partial charge in [0.25, 0.3) is 0 Å². The van der Waals surface area contributed by atoms with Crippen molar-refractivity contribution in [3.63, 3.8) is 0 Å². The lowest BCUT2D eigenvalue weighted by Gasteiger charge is -2.08. The first-order chi connectivity index (χ1) is 13.0. The third-order valence-electron chi connectivity index (χ3n) is 3.70. The number of benzene rings is 2. The van der Waals surface area contributed by atoms with Gasteiger partial charge in [-0.05, 0) is 48.0 Å². The minimum absolute atomic E-state index is 0.156. The second-order valence-electron chi connectivity index (χ2n) is 5.57. The van der Waals surface area contributed by atoms with Gasteiger partial charge in [0.2, 0.25) is 5.90 Å². The molecular weight excluding hydrogens is 350 g/mol. The molecule has 0 fully saturated rings. The van der Waals surface area contributed by atoms with E-state index in [4.69, 9.17) is 18.9 Å². The van der Waals surface area contributed by atoms with Crippen LogP contribution in [0.2, 0.25) is 0 Å². The van der Waals surface area contributed by atoms with E-state index in [0.29, 0.717) is 28.4 Å². The zero-order valence-corrected chi connectivity index (χ0v) is 15.0. The average molecular weight is 367 g/mol. The summed E-state index contributed by atoms with van der Waals surface area (Å²) in [7, 11) is 3.03. The summed E-state index contributed by atoms with van der Waals surface area (Å²) in [6.07, 6.45) is 1.57. The van der Waals surface area contributed by atoms with E-state index >= 15 is 0 Å². The molecule has 0 radical (unpaired) electrons. The molecule has 3 rings (SSSR count). The van der Waals surface area contributed by atoms with Gasteiger partial charge in [0.15, 0.2) is 17.2 Å². The molecule has 1 aliphatic rings. The highest BCUT2D eigenvalue weighted by molar-refractivity contribution is 6.12. The van der Waals surface area contributed by atoms with Gasteiger partial charge in [-0.3, -0.25) is 4.79 Å². The van der Waals surface area contributed by atoms with Gasteiger partial charge in [0.05, 0.1) is 14.2 Å². The largest absolute Gasteiger partial charge is 0.497 e. The summed E-state index contributed by atoms with van der Waals surface area (Å²) in [4.78, 5) is 27.5. The van der Waals surface area contributed by atoms with E-state index in [1.807, 2.05) is 0 Å². The van der Waals surface area contributed by atoms with Gasteiger partial charge in [0, 0.05) is 12.5 Å². The number of rotatable bonds is 5. The first-order valence-corrected chi connectivity index (χ1v) is 8.03. The van der Waals surface area contributed by atoms with E-state index < -0.39 is 11.9 Å². The predicted octanol–water partition coefficient (Wildman–Crippen LogP) is 2.97. The first-order valence-electron chi connectivity index (χ1n) is 8.03. The zero-order chi connectivity index (χ0) is 19.4. The fourth-order valence-electron chi connectivity index (χ4n) is 2.44. The molecule has 0 atom stereocenters. The van der Waals surface area contributed by atoms with Crippen LogP contribution in [0, 0.1) is 0 Å². The summed E-state index contributed by atoms with van der Waals surface area (Å²) < 4.78 is 20.6. The van der Waals surface area contributed by atoms with E-state index in [1.54, 1.807) is 55.7 Å². The van der Waals surface area contributed by atoms with Crippen molar-refractivity contribution in [2.24, 2.45) is 4.99 Å². The molecule has 0 amide bonds. The molecule has 1 heterocycles. The Morgan fingerprint density at radius 1 is 1.04 bits per heavy atom. The highest BCUT2D eigenvalue weighted by Gasteiger charge is 2.24. The molecule has 0 saturated carbocycles. The quantitative estimate of drug-likeness (QED) is 0.459. The highest BCUT2D eigenvalue weighted by atomic mass is 16.6. The van der Waals surface area contributed by atoms with Crippen LogP contribution in [0.4, 0.5) is 0 Å². The Morgan fingerprint density at radius 2 is 1.78 bits per heavy atom. The lowest BCUT2D eigenvalue weighted by atomic mass is 10.1. The monoisotopic (exact) mass is 367 g/mol. The fourth-order valence-corrected chi connectivity index (χ4v) is 2.44. The van der Waals surface area contributed by atoms with Crippen LogP contribution >= 0.6 is 0 Å². The molecule has 2 aromatic rings. The number of carbonyl (C=O) groups is 2. The Bertz CT molecular complexity index is 943. The minimum atomic E-state index is -0.552. The van der Waals surface area contributed by atoms with Crippen LogP contribution < -0.4 is 14.2 Å². The smallest absolute Gasteiger partial charge is 0.363 e. The Labute approximate surface area is 155 Å². The molecule has 0 spiro atoms. The van der Waals surface area contributed by atoms with Gasteiger partial charge in [-0.25, -0.2) is 9.79 Å². The first kappa shape index (κ1) is 18.2. The summed E-state index contributed by atoms with van der Waals surface area (Å²) in [5.74, 6) is 0.571. The standard InChI is InChI=1S/C20H17NO6/c1-12(22)26-17-9-4-13(11-18(17)25-3)10-16-20(23)27-19(21-16)14-5-7-15(24-2)8-6-14/h4-11H,1-3H3. The maximum absolute atomic E-state index is 12.1. The highest BCUT2D eigenvalue weighted by Crippen LogP contribution is 2.30. The summed E-state index contributed by atoms with van der Waals surface area (Å²) >= 11 is 0. The lowest BCUT2D eigenvalue weighted by molar-refractivity contribution is -0.132. The molecule has 7 nitrogen and oxygen atoms in total. The predicted molar refractivity (Wildman–Crippen MR) is 97.9 cm³/mol. The van der Waals surface area contributed by atoms with E-state index in [9.17, 15) is 9.59 Å². The van der Waals surface area contributed by atoms with Crippen molar-refractivity contribution in [3.05, 3.63) is 59.3 Å². The van der Waals surface area contributed by atoms with Crippen molar-refractivity contribution in [2.45, 2.75) is 6.92 Å². The van der Waals surface area contributed by atoms with Gasteiger partial charge in [0.1, 0.15) is 5.75 Å². The molecule has 7 heteroatoms. The topological polar surface area (TPSA) is 83.4 Å². The molecule has 138 valence electrons. The van der Waals surface area contributed by atoms with Gasteiger partial charge < -0.3 is 18.9 Å². The Balaban J connectivity index is 1.88. The van der Waals surface area contributed by atoms with Crippen molar-refractivity contribution in [1.82, 2.24) is 0 Å². The lowest BCUT2D eigenvalue weighted by Crippen LogP contribution is -2.05. The number of nitrogens with zero attached hydrogens (tertiary/aromatic N) is 1. The van der Waals surface area contributed by atoms with E-state index in [1.165, 1.54) is 14.0 Å². The number of cyclic esters (lactones) is 1. The van der Waals surface area contributed by atoms with Crippen LogP contribution in [-0.4, -0.2) is 32.1 Å². The number of aliphatic imine (C=N–C) groups is 1. The van der Waals surface area contributed by atoms with E-state index in [2.05, 4.69) is 4.99 Å². The van der Waals surface area contributed by atoms with Crippen molar-refractivity contribution in [3.8, 4) is 17.2 Å². The average Bonchev–Trinajstić information content (AvgIpc) is 3.03. The van der Waals surface area contributed by atoms with Gasteiger partial charge >= 0.3 is 11.9 Å². The maximum atomic E-state index is 12.1. The third kappa shape index (κ3) is 4.14. The number of methoxy groups -OCH3 is 2. The second-order valence-corrected chi connectivity index (χ2v) is 5.57. The van der Waals surface area contributed by atoms with Crippen molar-refractivity contribution in [1.29, 1.82) is 0 Å².